The molecular formula is C17H13BrN4O. The minimum atomic E-state index is 0.571. The summed E-state index contributed by atoms with van der Waals surface area (Å²) in [5.41, 5.74) is 9.13. The van der Waals surface area contributed by atoms with Crippen LogP contribution in [0, 0.1) is 11.8 Å². The third kappa shape index (κ3) is 3.35. The Hall–Kier alpha value is -2.78. The van der Waals surface area contributed by atoms with Gasteiger partial charge in [0.1, 0.15) is 10.4 Å². The summed E-state index contributed by atoms with van der Waals surface area (Å²) in [7, 11) is 0. The maximum absolute atomic E-state index is 6.02. The van der Waals surface area contributed by atoms with Crippen LogP contribution in [0.15, 0.2) is 51.9 Å². The zero-order chi connectivity index (χ0) is 16.2. The number of halogens is 1. The number of benzene rings is 1. The van der Waals surface area contributed by atoms with Gasteiger partial charge < -0.3 is 15.5 Å². The summed E-state index contributed by atoms with van der Waals surface area (Å²) in [5, 5.41) is 3.21. The number of pyridine rings is 1. The van der Waals surface area contributed by atoms with Crippen molar-refractivity contribution in [1.82, 2.24) is 9.97 Å². The Labute approximate surface area is 142 Å². The lowest BCUT2D eigenvalue weighted by molar-refractivity contribution is 0.572. The third-order valence-corrected chi connectivity index (χ3v) is 3.70. The second kappa shape index (κ2) is 6.55. The molecule has 23 heavy (non-hydrogen) atoms. The molecule has 6 heteroatoms. The first-order chi connectivity index (χ1) is 11.2. The summed E-state index contributed by atoms with van der Waals surface area (Å²) in [6.45, 7) is 1.76. The molecular weight excluding hydrogens is 356 g/mol. The molecule has 1 aromatic carbocycles. The summed E-state index contributed by atoms with van der Waals surface area (Å²) < 4.78 is 5.88. The number of aromatic nitrogens is 2. The van der Waals surface area contributed by atoms with E-state index in [4.69, 9.17) is 10.2 Å². The molecule has 114 valence electrons. The SMILES string of the molecule is CC#Cc1c(N)cc(Nc2ccc(-c3cnco3)cc2)nc1Br. The highest BCUT2D eigenvalue weighted by atomic mass is 79.9. The predicted octanol–water partition coefficient (Wildman–Crippen LogP) is 4.20. The van der Waals surface area contributed by atoms with E-state index < -0.39 is 0 Å². The van der Waals surface area contributed by atoms with Crippen LogP contribution in [-0.2, 0) is 0 Å². The second-order valence-corrected chi connectivity index (χ2v) is 5.46. The van der Waals surface area contributed by atoms with Gasteiger partial charge in [-0.05, 0) is 47.1 Å². The highest BCUT2D eigenvalue weighted by Crippen LogP contribution is 2.26. The second-order valence-electron chi connectivity index (χ2n) is 4.71. The van der Waals surface area contributed by atoms with Crippen LogP contribution in [0.4, 0.5) is 17.2 Å². The molecule has 0 radical (unpaired) electrons. The number of anilines is 3. The number of oxazole rings is 1. The lowest BCUT2D eigenvalue weighted by Crippen LogP contribution is -1.99. The maximum Gasteiger partial charge on any atom is 0.181 e. The van der Waals surface area contributed by atoms with Crippen molar-refractivity contribution in [2.24, 2.45) is 0 Å². The van der Waals surface area contributed by atoms with E-state index in [-0.39, 0.29) is 0 Å². The van der Waals surface area contributed by atoms with Gasteiger partial charge in [0, 0.05) is 17.3 Å². The highest BCUT2D eigenvalue weighted by Gasteiger charge is 2.07. The van der Waals surface area contributed by atoms with Crippen molar-refractivity contribution in [1.29, 1.82) is 0 Å². The summed E-state index contributed by atoms with van der Waals surface area (Å²) in [5.74, 6) is 7.12. The van der Waals surface area contributed by atoms with Gasteiger partial charge in [0.2, 0.25) is 0 Å². The fraction of sp³-hybridized carbons (Fsp3) is 0.0588. The molecule has 0 aliphatic rings. The average Bonchev–Trinajstić information content (AvgIpc) is 3.06. The van der Waals surface area contributed by atoms with Crippen molar-refractivity contribution in [3.05, 3.63) is 53.1 Å². The summed E-state index contributed by atoms with van der Waals surface area (Å²) in [6, 6.07) is 9.51. The van der Waals surface area contributed by atoms with Crippen LogP contribution in [0.3, 0.4) is 0 Å². The van der Waals surface area contributed by atoms with E-state index in [1.54, 1.807) is 19.2 Å². The molecule has 0 aliphatic carbocycles. The molecule has 0 aliphatic heterocycles. The smallest absolute Gasteiger partial charge is 0.181 e. The Bertz CT molecular complexity index is 854. The predicted molar refractivity (Wildman–Crippen MR) is 94.1 cm³/mol. The van der Waals surface area contributed by atoms with Crippen molar-refractivity contribution in [2.75, 3.05) is 11.1 Å². The van der Waals surface area contributed by atoms with E-state index in [1.165, 1.54) is 6.39 Å². The van der Waals surface area contributed by atoms with E-state index in [0.29, 0.717) is 21.7 Å². The molecule has 0 bridgehead atoms. The van der Waals surface area contributed by atoms with E-state index in [9.17, 15) is 0 Å². The Morgan fingerprint density at radius 1 is 1.26 bits per heavy atom. The van der Waals surface area contributed by atoms with E-state index in [0.717, 1.165) is 17.0 Å². The summed E-state index contributed by atoms with van der Waals surface area (Å²) in [6.07, 6.45) is 3.09. The van der Waals surface area contributed by atoms with Crippen LogP contribution >= 0.6 is 15.9 Å². The molecule has 0 saturated heterocycles. The molecule has 2 heterocycles. The number of nitrogen functional groups attached to an aromatic ring is 1. The number of nitrogens with one attached hydrogen (secondary N) is 1. The van der Waals surface area contributed by atoms with Gasteiger partial charge in [0.05, 0.1) is 17.4 Å². The zero-order valence-electron chi connectivity index (χ0n) is 12.3. The molecule has 3 N–H and O–H groups in total. The Morgan fingerprint density at radius 2 is 2.04 bits per heavy atom. The van der Waals surface area contributed by atoms with Crippen molar-refractivity contribution >= 4 is 33.1 Å². The van der Waals surface area contributed by atoms with Crippen LogP contribution < -0.4 is 11.1 Å². The fourth-order valence-corrected chi connectivity index (χ4v) is 2.59. The molecule has 0 atom stereocenters. The molecule has 0 saturated carbocycles. The van der Waals surface area contributed by atoms with E-state index in [2.05, 4.69) is 43.1 Å². The number of nitrogens with two attached hydrogens (primary N) is 1. The fourth-order valence-electron chi connectivity index (χ4n) is 2.07. The van der Waals surface area contributed by atoms with Gasteiger partial charge in [-0.25, -0.2) is 9.97 Å². The number of hydrogen-bond acceptors (Lipinski definition) is 5. The van der Waals surface area contributed by atoms with Gasteiger partial charge in [-0.3, -0.25) is 0 Å². The number of nitrogens with zero attached hydrogens (tertiary/aromatic N) is 2. The first-order valence-electron chi connectivity index (χ1n) is 6.82. The third-order valence-electron chi connectivity index (χ3n) is 3.13. The number of rotatable bonds is 3. The zero-order valence-corrected chi connectivity index (χ0v) is 13.9. The topological polar surface area (TPSA) is 77.0 Å². The van der Waals surface area contributed by atoms with Crippen molar-refractivity contribution < 1.29 is 4.42 Å². The molecule has 0 fully saturated rings. The van der Waals surface area contributed by atoms with Gasteiger partial charge >= 0.3 is 0 Å². The summed E-state index contributed by atoms with van der Waals surface area (Å²) >= 11 is 3.40. The first kappa shape index (κ1) is 15.1. The molecule has 3 rings (SSSR count). The Morgan fingerprint density at radius 3 is 2.65 bits per heavy atom. The average molecular weight is 369 g/mol. The maximum atomic E-state index is 6.02. The first-order valence-corrected chi connectivity index (χ1v) is 7.61. The molecule has 3 aromatic rings. The quantitative estimate of drug-likeness (QED) is 0.535. The number of hydrogen-bond donors (Lipinski definition) is 2. The molecule has 0 unspecified atom stereocenters. The van der Waals surface area contributed by atoms with Crippen molar-refractivity contribution in [3.8, 4) is 23.2 Å². The minimum absolute atomic E-state index is 0.571. The van der Waals surface area contributed by atoms with Gasteiger partial charge in [-0.2, -0.15) is 0 Å². The van der Waals surface area contributed by atoms with Crippen molar-refractivity contribution in [3.63, 3.8) is 0 Å². The van der Waals surface area contributed by atoms with Crippen LogP contribution in [0.2, 0.25) is 0 Å². The Kier molecular flexibility index (Phi) is 4.31. The van der Waals surface area contributed by atoms with Gasteiger partial charge in [-0.15, -0.1) is 5.92 Å². The van der Waals surface area contributed by atoms with E-state index >= 15 is 0 Å². The molecule has 0 amide bonds. The van der Waals surface area contributed by atoms with Crippen molar-refractivity contribution in [2.45, 2.75) is 6.92 Å². The van der Waals surface area contributed by atoms with Gasteiger partial charge in [-0.1, -0.05) is 5.92 Å². The largest absolute Gasteiger partial charge is 0.444 e. The normalized spacial score (nSPS) is 10.0. The lowest BCUT2D eigenvalue weighted by Gasteiger charge is -2.09. The molecule has 5 nitrogen and oxygen atoms in total. The van der Waals surface area contributed by atoms with Crippen LogP contribution in [0.5, 0.6) is 0 Å². The van der Waals surface area contributed by atoms with Gasteiger partial charge in [0.25, 0.3) is 0 Å². The van der Waals surface area contributed by atoms with Crippen LogP contribution in [-0.4, -0.2) is 9.97 Å². The standard InChI is InChI=1S/C17H13BrN4O/c1-2-3-13-14(19)8-16(22-17(13)18)21-12-6-4-11(5-7-12)15-9-20-10-23-15/h4-10H,1H3,(H3,19,21,22). The van der Waals surface area contributed by atoms with Crippen LogP contribution in [0.1, 0.15) is 12.5 Å². The molecule has 2 aromatic heterocycles. The highest BCUT2D eigenvalue weighted by molar-refractivity contribution is 9.10. The lowest BCUT2D eigenvalue weighted by atomic mass is 10.1. The van der Waals surface area contributed by atoms with E-state index in [1.807, 2.05) is 24.3 Å². The minimum Gasteiger partial charge on any atom is -0.444 e. The van der Waals surface area contributed by atoms with Crippen LogP contribution in [0.25, 0.3) is 11.3 Å². The monoisotopic (exact) mass is 368 g/mol. The molecule has 0 spiro atoms. The Balaban J connectivity index is 1.83. The summed E-state index contributed by atoms with van der Waals surface area (Å²) in [4.78, 5) is 8.32. The van der Waals surface area contributed by atoms with Gasteiger partial charge in [0.15, 0.2) is 12.2 Å².